The molecule has 0 fully saturated rings. The Morgan fingerprint density at radius 1 is 1.09 bits per heavy atom. The minimum Gasteiger partial charge on any atom is -0.748 e. The number of carbonyl (C=O) groups is 1. The molecule has 0 aliphatic rings. The fourth-order valence-electron chi connectivity index (χ4n) is 3.93. The van der Waals surface area contributed by atoms with Crippen LogP contribution in [0.5, 0.6) is 0 Å². The van der Waals surface area contributed by atoms with Gasteiger partial charge in [-0.05, 0) is 38.0 Å². The van der Waals surface area contributed by atoms with Crippen LogP contribution < -0.4 is 15.1 Å². The van der Waals surface area contributed by atoms with Gasteiger partial charge in [0.2, 0.25) is 0 Å². The third-order valence-electron chi connectivity index (χ3n) is 5.80. The number of aliphatic carboxylic acids is 1. The number of aryl methyl sites for hydroxylation is 1. The van der Waals surface area contributed by atoms with E-state index in [1.54, 1.807) is 35.2 Å². The number of hydrogen-bond donors (Lipinski definition) is 1. The molecule has 3 aromatic rings. The van der Waals surface area contributed by atoms with Crippen LogP contribution in [-0.2, 0) is 21.5 Å². The summed E-state index contributed by atoms with van der Waals surface area (Å²) in [7, 11) is -4.23. The van der Waals surface area contributed by atoms with E-state index in [0.29, 0.717) is 29.7 Å². The highest BCUT2D eigenvalue weighted by Gasteiger charge is 2.12. The van der Waals surface area contributed by atoms with Crippen LogP contribution in [0.1, 0.15) is 39.0 Å². The number of rotatable bonds is 13. The number of hydrogen-bond acceptors (Lipinski definition) is 7. The molecule has 0 atom stereocenters. The number of fused-ring (bicyclic) bond motifs is 1. The van der Waals surface area contributed by atoms with Crippen molar-refractivity contribution in [1.82, 2.24) is 0 Å². The number of carboxylic acids is 1. The summed E-state index contributed by atoms with van der Waals surface area (Å²) in [6.45, 7) is 3.98. The van der Waals surface area contributed by atoms with Gasteiger partial charge in [-0.3, -0.25) is 4.79 Å². The molecule has 0 spiro atoms. The van der Waals surface area contributed by atoms with Crippen LogP contribution in [-0.4, -0.2) is 42.9 Å². The van der Waals surface area contributed by atoms with E-state index in [1.807, 2.05) is 25.1 Å². The van der Waals surface area contributed by atoms with Gasteiger partial charge in [0.25, 0.3) is 0 Å². The fourth-order valence-corrected chi connectivity index (χ4v) is 4.42. The van der Waals surface area contributed by atoms with E-state index in [0.717, 1.165) is 37.0 Å². The molecule has 0 unspecified atom stereocenters. The molecule has 0 radical (unpaired) electrons. The summed E-state index contributed by atoms with van der Waals surface area (Å²) in [6.07, 6.45) is 6.23. The second kappa shape index (κ2) is 11.9. The first kappa shape index (κ1) is 26.4. The van der Waals surface area contributed by atoms with Crippen LogP contribution in [0.25, 0.3) is 22.1 Å². The van der Waals surface area contributed by atoms with E-state index in [4.69, 9.17) is 9.52 Å². The average Bonchev–Trinajstić information content (AvgIpc) is 2.80. The van der Waals surface area contributed by atoms with Gasteiger partial charge in [-0.1, -0.05) is 6.42 Å². The summed E-state index contributed by atoms with van der Waals surface area (Å²) in [5.74, 6) is -1.19. The monoisotopic (exact) mass is 502 g/mol. The Morgan fingerprint density at radius 2 is 1.83 bits per heavy atom. The van der Waals surface area contributed by atoms with Gasteiger partial charge in [0.05, 0.1) is 15.7 Å². The molecule has 2 heterocycles. The molecule has 0 aliphatic carbocycles. The highest BCUT2D eigenvalue weighted by atomic mass is 32.2. The van der Waals surface area contributed by atoms with Gasteiger partial charge in [0.1, 0.15) is 12.1 Å². The van der Waals surface area contributed by atoms with E-state index < -0.39 is 27.5 Å². The number of nitrogens with zero attached hydrogens (tertiary/aromatic N) is 2. The van der Waals surface area contributed by atoms with E-state index >= 15 is 0 Å². The van der Waals surface area contributed by atoms with Crippen molar-refractivity contribution in [2.24, 2.45) is 0 Å². The molecule has 35 heavy (non-hydrogen) atoms. The molecule has 1 N–H and O–H groups in total. The Labute approximate surface area is 204 Å². The molecule has 0 amide bonds. The van der Waals surface area contributed by atoms with Crippen molar-refractivity contribution >= 4 is 32.7 Å². The fraction of sp³-hybridized carbons (Fsp3) is 0.400. The van der Waals surface area contributed by atoms with Crippen LogP contribution in [0.3, 0.4) is 0 Å². The number of pyridine rings is 1. The second-order valence-electron chi connectivity index (χ2n) is 8.39. The minimum atomic E-state index is -4.23. The standard InChI is InChI=1S/C25H30N2O7S/c1-2-27(13-5-3-4-7-24(28)29)21-9-8-20-17-22(25(30)34-23(20)18-21)19-10-14-26(15-11-19)12-6-16-35(31,32)33/h8-11,14-15,17-18H,2-7,12-13,16H2,1H3,(H-,28,29,31,32,33). The van der Waals surface area contributed by atoms with E-state index in [-0.39, 0.29) is 12.8 Å². The zero-order valence-electron chi connectivity index (χ0n) is 19.7. The molecule has 10 heteroatoms. The van der Waals surface area contributed by atoms with Gasteiger partial charge in [0.15, 0.2) is 12.4 Å². The molecule has 1 aromatic carbocycles. The van der Waals surface area contributed by atoms with Crippen LogP contribution in [0, 0.1) is 0 Å². The maximum absolute atomic E-state index is 12.7. The van der Waals surface area contributed by atoms with E-state index in [9.17, 15) is 22.6 Å². The molecule has 0 saturated carbocycles. The molecule has 0 aliphatic heterocycles. The predicted octanol–water partition coefficient (Wildman–Crippen LogP) is 3.15. The Kier molecular flexibility index (Phi) is 9.00. The third kappa shape index (κ3) is 7.90. The average molecular weight is 503 g/mol. The summed E-state index contributed by atoms with van der Waals surface area (Å²) in [5.41, 5.74) is 2.07. The molecule has 9 nitrogen and oxygen atoms in total. The topological polar surface area (TPSA) is 132 Å². The van der Waals surface area contributed by atoms with Gasteiger partial charge < -0.3 is 19.0 Å². The number of carboxylic acid groups (broad SMARTS) is 1. The van der Waals surface area contributed by atoms with Crippen molar-refractivity contribution in [3.63, 3.8) is 0 Å². The molecule has 2 aromatic heterocycles. The van der Waals surface area contributed by atoms with Gasteiger partial charge >= 0.3 is 11.6 Å². The lowest BCUT2D eigenvalue weighted by atomic mass is 10.1. The molecule has 188 valence electrons. The van der Waals surface area contributed by atoms with Crippen LogP contribution in [0.4, 0.5) is 5.69 Å². The van der Waals surface area contributed by atoms with Gasteiger partial charge in [-0.25, -0.2) is 17.8 Å². The maximum atomic E-state index is 12.7. The van der Waals surface area contributed by atoms with E-state index in [2.05, 4.69) is 4.90 Å². The van der Waals surface area contributed by atoms with Crippen molar-refractivity contribution in [2.45, 2.75) is 45.6 Å². The van der Waals surface area contributed by atoms with Gasteiger partial charge in [-0.15, -0.1) is 0 Å². The summed E-state index contributed by atoms with van der Waals surface area (Å²) in [4.78, 5) is 25.5. The summed E-state index contributed by atoms with van der Waals surface area (Å²) < 4.78 is 39.6. The van der Waals surface area contributed by atoms with Crippen LogP contribution in [0.15, 0.2) is 58.0 Å². The Bertz CT molecular complexity index is 1320. The molecular formula is C25H30N2O7S. The second-order valence-corrected chi connectivity index (χ2v) is 9.92. The molecule has 0 saturated heterocycles. The SMILES string of the molecule is CCN(CCCCCC(=O)O)c1ccc2cc(-c3cc[n+](CCCS(=O)(=O)[O-])cc3)c(=O)oc2c1. The molecule has 0 bridgehead atoms. The van der Waals surface area contributed by atoms with E-state index in [1.165, 1.54) is 0 Å². The normalized spacial score (nSPS) is 11.6. The highest BCUT2D eigenvalue weighted by Crippen LogP contribution is 2.25. The van der Waals surface area contributed by atoms with Crippen molar-refractivity contribution in [3.05, 3.63) is 59.2 Å². The maximum Gasteiger partial charge on any atom is 0.344 e. The number of benzene rings is 1. The van der Waals surface area contributed by atoms with Crippen molar-refractivity contribution in [2.75, 3.05) is 23.7 Å². The first-order chi connectivity index (χ1) is 16.7. The summed E-state index contributed by atoms with van der Waals surface area (Å²) in [5, 5.41) is 9.54. The van der Waals surface area contributed by atoms with Crippen LogP contribution >= 0.6 is 0 Å². The third-order valence-corrected chi connectivity index (χ3v) is 6.59. The highest BCUT2D eigenvalue weighted by molar-refractivity contribution is 7.85. The Morgan fingerprint density at radius 3 is 2.49 bits per heavy atom. The van der Waals surface area contributed by atoms with Crippen molar-refractivity contribution in [1.29, 1.82) is 0 Å². The Hall–Kier alpha value is -3.24. The van der Waals surface area contributed by atoms with Crippen molar-refractivity contribution in [3.8, 4) is 11.1 Å². The lowest BCUT2D eigenvalue weighted by Crippen LogP contribution is -2.33. The lowest BCUT2D eigenvalue weighted by molar-refractivity contribution is -0.696. The smallest absolute Gasteiger partial charge is 0.344 e. The summed E-state index contributed by atoms with van der Waals surface area (Å²) in [6, 6.07) is 11.0. The van der Waals surface area contributed by atoms with Crippen molar-refractivity contribution < 1.29 is 31.9 Å². The minimum absolute atomic E-state index is 0.183. The Balaban J connectivity index is 1.71. The first-order valence-electron chi connectivity index (χ1n) is 11.6. The molecule has 3 rings (SSSR count). The van der Waals surface area contributed by atoms with Crippen LogP contribution in [0.2, 0.25) is 0 Å². The summed E-state index contributed by atoms with van der Waals surface area (Å²) >= 11 is 0. The van der Waals surface area contributed by atoms with Gasteiger partial charge in [-0.2, -0.15) is 0 Å². The number of aromatic nitrogens is 1. The largest absolute Gasteiger partial charge is 0.748 e. The zero-order chi connectivity index (χ0) is 25.4. The predicted molar refractivity (Wildman–Crippen MR) is 131 cm³/mol. The van der Waals surface area contributed by atoms with Gasteiger partial charge in [0, 0.05) is 66.5 Å². The molecular weight excluding hydrogens is 472 g/mol. The lowest BCUT2D eigenvalue weighted by Gasteiger charge is -2.23. The number of unbranched alkanes of at least 4 members (excludes halogenated alkanes) is 2. The first-order valence-corrected chi connectivity index (χ1v) is 13.2. The number of anilines is 1. The zero-order valence-corrected chi connectivity index (χ0v) is 20.5. The quantitative estimate of drug-likeness (QED) is 0.163.